The quantitative estimate of drug-likeness (QED) is 0.116. The van der Waals surface area contributed by atoms with Crippen molar-refractivity contribution in [1.29, 1.82) is 0 Å². The first-order valence-electron chi connectivity index (χ1n) is 18.3. The van der Waals surface area contributed by atoms with Crippen molar-refractivity contribution in [2.24, 2.45) is 0 Å². The number of rotatable bonds is 7. The molecule has 55 heavy (non-hydrogen) atoms. The lowest BCUT2D eigenvalue weighted by atomic mass is 9.78. The first-order chi connectivity index (χ1) is 27.0. The van der Waals surface area contributed by atoms with Gasteiger partial charge in [0.2, 0.25) is 0 Å². The van der Waals surface area contributed by atoms with Crippen LogP contribution >= 0.6 is 23.4 Å². The van der Waals surface area contributed by atoms with Gasteiger partial charge < -0.3 is 0 Å². The molecule has 0 aliphatic heterocycles. The predicted molar refractivity (Wildman–Crippen MR) is 229 cm³/mol. The molecule has 0 radical (unpaired) electrons. The molecule has 4 heteroatoms. The first-order valence-corrected chi connectivity index (χ1v) is 19.5. The maximum absolute atomic E-state index is 14.6. The van der Waals surface area contributed by atoms with Crippen molar-refractivity contribution in [2.75, 3.05) is 0 Å². The minimum Gasteiger partial charge on any atom is -0.207 e. The Labute approximate surface area is 327 Å². The van der Waals surface area contributed by atoms with Gasteiger partial charge in [-0.1, -0.05) is 151 Å². The van der Waals surface area contributed by atoms with Crippen LogP contribution in [0.1, 0.15) is 11.1 Å². The van der Waals surface area contributed by atoms with Crippen LogP contribution in [0.5, 0.6) is 0 Å². The van der Waals surface area contributed by atoms with Gasteiger partial charge in [0.25, 0.3) is 0 Å². The zero-order valence-corrected chi connectivity index (χ0v) is 31.1. The number of halogens is 3. The van der Waals surface area contributed by atoms with E-state index in [2.05, 4.69) is 121 Å². The zero-order valence-electron chi connectivity index (χ0n) is 29.5. The summed E-state index contributed by atoms with van der Waals surface area (Å²) in [6.45, 7) is 0. The molecule has 10 aromatic rings. The largest absolute Gasteiger partial charge is 0.207 e. The molecule has 10 aromatic carbocycles. The summed E-state index contributed by atoms with van der Waals surface area (Å²) in [4.78, 5) is 2.05. The molecule has 10 rings (SSSR count). The van der Waals surface area contributed by atoms with Crippen LogP contribution in [-0.4, -0.2) is 0 Å². The highest BCUT2D eigenvalue weighted by molar-refractivity contribution is 7.99. The molecular weight excluding hydrogens is 718 g/mol. The fraction of sp³-hybridized carbons (Fsp3) is 0.0196. The van der Waals surface area contributed by atoms with E-state index >= 15 is 0 Å². The molecule has 0 heterocycles. The number of benzene rings is 10. The van der Waals surface area contributed by atoms with Crippen molar-refractivity contribution in [2.45, 2.75) is 16.2 Å². The third-order valence-electron chi connectivity index (χ3n) is 10.7. The van der Waals surface area contributed by atoms with E-state index in [-0.39, 0.29) is 11.6 Å². The second-order valence-electron chi connectivity index (χ2n) is 14.0. The molecule has 0 atom stereocenters. The SMILES string of the molecule is Fc1ccc(-c2c(-c3ccc(Sc4ccc(Cc5ccccc5)cc4Cl)cc3)c3cccc4c5cccc6cccc(c(c2-c2ccc(F)cc2)c34)c65)cc1. The van der Waals surface area contributed by atoms with Crippen LogP contribution in [0.2, 0.25) is 5.02 Å². The Morgan fingerprint density at radius 3 is 1.65 bits per heavy atom. The Hall–Kier alpha value is -6.00. The van der Waals surface area contributed by atoms with E-state index in [0.717, 1.165) is 86.9 Å². The monoisotopic (exact) mass is 748 g/mol. The van der Waals surface area contributed by atoms with E-state index in [1.54, 1.807) is 11.8 Å². The third-order valence-corrected chi connectivity index (χ3v) is 12.2. The minimum atomic E-state index is -0.301. The van der Waals surface area contributed by atoms with E-state index < -0.39 is 0 Å². The third kappa shape index (κ3) is 5.92. The number of hydrogen-bond donors (Lipinski definition) is 0. The molecule has 0 saturated heterocycles. The maximum Gasteiger partial charge on any atom is 0.123 e. The molecule has 0 aromatic heterocycles. The van der Waals surface area contributed by atoms with Crippen LogP contribution in [0.4, 0.5) is 8.78 Å². The highest BCUT2D eigenvalue weighted by atomic mass is 35.5. The fourth-order valence-electron chi connectivity index (χ4n) is 8.30. The topological polar surface area (TPSA) is 0 Å². The second kappa shape index (κ2) is 13.7. The molecule has 0 bridgehead atoms. The van der Waals surface area contributed by atoms with Gasteiger partial charge in [-0.3, -0.25) is 0 Å². The van der Waals surface area contributed by atoms with Crippen molar-refractivity contribution < 1.29 is 8.78 Å². The minimum absolute atomic E-state index is 0.297. The smallest absolute Gasteiger partial charge is 0.123 e. The Kier molecular flexibility index (Phi) is 8.35. The van der Waals surface area contributed by atoms with E-state index in [0.29, 0.717) is 0 Å². The van der Waals surface area contributed by atoms with E-state index in [1.807, 2.05) is 30.3 Å². The van der Waals surface area contributed by atoms with Gasteiger partial charge in [0.1, 0.15) is 11.6 Å². The van der Waals surface area contributed by atoms with Crippen LogP contribution in [0, 0.1) is 11.6 Å². The maximum atomic E-state index is 14.6. The summed E-state index contributed by atoms with van der Waals surface area (Å²) in [6.07, 6.45) is 0.825. The molecule has 0 amide bonds. The average Bonchev–Trinajstić information content (AvgIpc) is 3.22. The van der Waals surface area contributed by atoms with Gasteiger partial charge >= 0.3 is 0 Å². The fourth-order valence-corrected chi connectivity index (χ4v) is 9.44. The lowest BCUT2D eigenvalue weighted by Gasteiger charge is -2.25. The van der Waals surface area contributed by atoms with Crippen molar-refractivity contribution in [3.63, 3.8) is 0 Å². The van der Waals surface area contributed by atoms with Gasteiger partial charge in [0.05, 0.1) is 5.02 Å². The molecule has 0 aliphatic carbocycles. The van der Waals surface area contributed by atoms with Gasteiger partial charge in [0, 0.05) is 9.79 Å². The average molecular weight is 749 g/mol. The molecule has 0 saturated carbocycles. The molecule has 0 unspecified atom stereocenters. The van der Waals surface area contributed by atoms with Gasteiger partial charge in [0.15, 0.2) is 0 Å². The summed E-state index contributed by atoms with van der Waals surface area (Å²) in [6, 6.07) is 58.4. The summed E-state index contributed by atoms with van der Waals surface area (Å²) >= 11 is 8.50. The van der Waals surface area contributed by atoms with Crippen LogP contribution in [-0.2, 0) is 6.42 Å². The van der Waals surface area contributed by atoms with E-state index in [1.165, 1.54) is 46.2 Å². The second-order valence-corrected chi connectivity index (χ2v) is 15.5. The predicted octanol–water partition coefficient (Wildman–Crippen LogP) is 15.4. The summed E-state index contributed by atoms with van der Waals surface area (Å²) < 4.78 is 29.2. The van der Waals surface area contributed by atoms with Crippen LogP contribution in [0.15, 0.2) is 186 Å². The van der Waals surface area contributed by atoms with Crippen molar-refractivity contribution in [1.82, 2.24) is 0 Å². The highest BCUT2D eigenvalue weighted by Gasteiger charge is 2.25. The summed E-state index contributed by atoms with van der Waals surface area (Å²) in [7, 11) is 0. The van der Waals surface area contributed by atoms with E-state index in [9.17, 15) is 8.78 Å². The zero-order chi connectivity index (χ0) is 37.0. The first kappa shape index (κ1) is 33.6. The lowest BCUT2D eigenvalue weighted by Crippen LogP contribution is -1.97. The Bertz CT molecular complexity index is 3020. The number of fused-ring (bicyclic) bond motifs is 2. The van der Waals surface area contributed by atoms with Gasteiger partial charge in [-0.05, 0) is 143 Å². The van der Waals surface area contributed by atoms with Crippen LogP contribution in [0.3, 0.4) is 0 Å². The standard InChI is InChI=1S/C51H31ClF2S/c52-44-30-32(29-31-7-2-1-3-8-31)15-28-45(44)55-39-26-20-34(21-27-39)47-43-14-6-12-41-40-11-4-9-33-10-5-13-42(46(33)40)51(50(41)43)49(36-18-24-38(54)25-19-36)48(47)35-16-22-37(53)23-17-35/h1-28,30H,29H2. The number of hydrogen-bond acceptors (Lipinski definition) is 1. The van der Waals surface area contributed by atoms with E-state index in [4.69, 9.17) is 11.6 Å². The summed E-state index contributed by atoms with van der Waals surface area (Å²) in [5.74, 6) is -0.598. The van der Waals surface area contributed by atoms with Crippen molar-refractivity contribution >= 4 is 66.5 Å². The van der Waals surface area contributed by atoms with Gasteiger partial charge in [-0.25, -0.2) is 8.78 Å². The molecular formula is C51H31ClF2S. The van der Waals surface area contributed by atoms with Crippen LogP contribution in [0.25, 0.3) is 76.5 Å². The molecule has 0 spiro atoms. The molecule has 262 valence electrons. The Balaban J connectivity index is 1.20. The summed E-state index contributed by atoms with van der Waals surface area (Å²) in [5.41, 5.74) is 8.22. The normalized spacial score (nSPS) is 11.7. The molecule has 0 nitrogen and oxygen atoms in total. The van der Waals surface area contributed by atoms with Gasteiger partial charge in [-0.2, -0.15) is 0 Å². The Morgan fingerprint density at radius 1 is 0.418 bits per heavy atom. The van der Waals surface area contributed by atoms with Gasteiger partial charge in [-0.15, -0.1) is 0 Å². The van der Waals surface area contributed by atoms with Crippen molar-refractivity contribution in [3.05, 3.63) is 204 Å². The lowest BCUT2D eigenvalue weighted by molar-refractivity contribution is 0.627. The molecule has 0 aliphatic rings. The Morgan fingerprint density at radius 2 is 0.982 bits per heavy atom. The van der Waals surface area contributed by atoms with Crippen molar-refractivity contribution in [3.8, 4) is 33.4 Å². The van der Waals surface area contributed by atoms with Crippen LogP contribution < -0.4 is 0 Å². The molecule has 0 fully saturated rings. The molecule has 0 N–H and O–H groups in total. The summed E-state index contributed by atoms with van der Waals surface area (Å²) in [5, 5.41) is 9.90. The highest BCUT2D eigenvalue weighted by Crippen LogP contribution is 2.53.